The molecule has 2 heterocycles. The summed E-state index contributed by atoms with van der Waals surface area (Å²) in [6.45, 7) is 2.88. The Kier molecular flexibility index (Phi) is 5.29. The summed E-state index contributed by atoms with van der Waals surface area (Å²) in [5.74, 6) is 1.62. The molecule has 5 heteroatoms. The van der Waals surface area contributed by atoms with Gasteiger partial charge >= 0.3 is 0 Å². The molecule has 0 atom stereocenters. The minimum absolute atomic E-state index is 0.669. The lowest BCUT2D eigenvalue weighted by atomic mass is 10.1. The maximum Gasteiger partial charge on any atom is 0.157 e. The Balaban J connectivity index is 1.64. The van der Waals surface area contributed by atoms with Crippen LogP contribution in [-0.4, -0.2) is 29.6 Å². The van der Waals surface area contributed by atoms with E-state index in [4.69, 9.17) is 5.73 Å². The summed E-state index contributed by atoms with van der Waals surface area (Å²) in [7, 11) is 0. The SMILES string of the molecule is Nc1c(NCCc2ccccc2)ncnc1N1CCCCCC1. The Morgan fingerprint density at radius 3 is 2.48 bits per heavy atom. The summed E-state index contributed by atoms with van der Waals surface area (Å²) < 4.78 is 0. The third kappa shape index (κ3) is 4.12. The molecule has 1 fully saturated rings. The number of anilines is 3. The highest BCUT2D eigenvalue weighted by Gasteiger charge is 2.16. The standard InChI is InChI=1S/C18H25N5/c19-16-17(20-11-10-15-8-4-3-5-9-15)21-14-22-18(16)23-12-6-1-2-7-13-23/h3-5,8-9,14H,1-2,6-7,10-13,19H2,(H,20,21,22). The number of nitrogens with zero attached hydrogens (tertiary/aromatic N) is 3. The van der Waals surface area contributed by atoms with Gasteiger partial charge in [0.05, 0.1) is 0 Å². The van der Waals surface area contributed by atoms with Gasteiger partial charge in [0.25, 0.3) is 0 Å². The van der Waals surface area contributed by atoms with Crippen LogP contribution in [0.2, 0.25) is 0 Å². The molecule has 0 aliphatic carbocycles. The van der Waals surface area contributed by atoms with Gasteiger partial charge in [-0.15, -0.1) is 0 Å². The van der Waals surface area contributed by atoms with Crippen LogP contribution in [0.4, 0.5) is 17.3 Å². The van der Waals surface area contributed by atoms with Gasteiger partial charge in [-0.25, -0.2) is 9.97 Å². The second kappa shape index (κ2) is 7.81. The topological polar surface area (TPSA) is 67.1 Å². The first kappa shape index (κ1) is 15.6. The van der Waals surface area contributed by atoms with E-state index in [1.807, 2.05) is 6.07 Å². The molecule has 0 bridgehead atoms. The zero-order chi connectivity index (χ0) is 15.9. The summed E-state index contributed by atoms with van der Waals surface area (Å²) in [5.41, 5.74) is 8.29. The third-order valence-electron chi connectivity index (χ3n) is 4.32. The highest BCUT2D eigenvalue weighted by Crippen LogP contribution is 2.27. The van der Waals surface area contributed by atoms with Crippen LogP contribution in [0, 0.1) is 0 Å². The highest BCUT2D eigenvalue weighted by molar-refractivity contribution is 5.74. The molecule has 122 valence electrons. The molecule has 2 aromatic rings. The summed E-state index contributed by atoms with van der Waals surface area (Å²) >= 11 is 0. The molecule has 1 saturated heterocycles. The van der Waals surface area contributed by atoms with E-state index in [-0.39, 0.29) is 0 Å². The maximum atomic E-state index is 6.32. The number of nitrogen functional groups attached to an aromatic ring is 1. The van der Waals surface area contributed by atoms with Crippen LogP contribution in [0.25, 0.3) is 0 Å². The zero-order valence-electron chi connectivity index (χ0n) is 13.5. The molecule has 1 aliphatic heterocycles. The lowest BCUT2D eigenvalue weighted by Gasteiger charge is -2.23. The third-order valence-corrected chi connectivity index (χ3v) is 4.32. The minimum atomic E-state index is 0.669. The summed E-state index contributed by atoms with van der Waals surface area (Å²) in [6, 6.07) is 10.4. The van der Waals surface area contributed by atoms with Gasteiger partial charge in [0, 0.05) is 19.6 Å². The lowest BCUT2D eigenvalue weighted by molar-refractivity contribution is 0.726. The smallest absolute Gasteiger partial charge is 0.157 e. The van der Waals surface area contributed by atoms with Gasteiger partial charge in [-0.2, -0.15) is 0 Å². The van der Waals surface area contributed by atoms with Crippen LogP contribution in [0.3, 0.4) is 0 Å². The lowest BCUT2D eigenvalue weighted by Crippen LogP contribution is -2.26. The molecule has 0 amide bonds. The average molecular weight is 311 g/mol. The van der Waals surface area contributed by atoms with Crippen molar-refractivity contribution in [2.75, 3.05) is 35.6 Å². The number of benzene rings is 1. The first-order valence-electron chi connectivity index (χ1n) is 8.48. The van der Waals surface area contributed by atoms with Crippen molar-refractivity contribution in [3.05, 3.63) is 42.2 Å². The number of nitrogens with two attached hydrogens (primary N) is 1. The Labute approximate surface area is 137 Å². The Morgan fingerprint density at radius 1 is 1.00 bits per heavy atom. The van der Waals surface area contributed by atoms with E-state index in [1.54, 1.807) is 6.33 Å². The number of nitrogens with one attached hydrogen (secondary N) is 1. The van der Waals surface area contributed by atoms with Crippen LogP contribution in [0.5, 0.6) is 0 Å². The van der Waals surface area contributed by atoms with Gasteiger partial charge in [-0.3, -0.25) is 0 Å². The molecule has 0 spiro atoms. The van der Waals surface area contributed by atoms with Gasteiger partial charge in [-0.1, -0.05) is 43.2 Å². The van der Waals surface area contributed by atoms with Crippen molar-refractivity contribution in [3.63, 3.8) is 0 Å². The van der Waals surface area contributed by atoms with Crippen LogP contribution in [0.15, 0.2) is 36.7 Å². The molecule has 1 aliphatic rings. The molecule has 23 heavy (non-hydrogen) atoms. The van der Waals surface area contributed by atoms with Gasteiger partial charge in [0.1, 0.15) is 12.0 Å². The van der Waals surface area contributed by atoms with Crippen LogP contribution >= 0.6 is 0 Å². The van der Waals surface area contributed by atoms with Gasteiger partial charge in [-0.05, 0) is 24.8 Å². The molecule has 0 radical (unpaired) electrons. The number of aromatic nitrogens is 2. The van der Waals surface area contributed by atoms with Crippen LogP contribution in [-0.2, 0) is 6.42 Å². The monoisotopic (exact) mass is 311 g/mol. The molecule has 0 saturated carbocycles. The molecule has 0 unspecified atom stereocenters. The fourth-order valence-corrected chi connectivity index (χ4v) is 3.03. The Hall–Kier alpha value is -2.30. The fourth-order valence-electron chi connectivity index (χ4n) is 3.03. The largest absolute Gasteiger partial charge is 0.393 e. The van der Waals surface area contributed by atoms with Gasteiger partial charge in [0.2, 0.25) is 0 Å². The zero-order valence-corrected chi connectivity index (χ0v) is 13.5. The number of rotatable bonds is 5. The van der Waals surface area contributed by atoms with E-state index in [2.05, 4.69) is 44.5 Å². The van der Waals surface area contributed by atoms with Crippen LogP contribution in [0.1, 0.15) is 31.2 Å². The van der Waals surface area contributed by atoms with Crippen molar-refractivity contribution in [2.24, 2.45) is 0 Å². The van der Waals surface area contributed by atoms with Crippen molar-refractivity contribution in [1.29, 1.82) is 0 Å². The van der Waals surface area contributed by atoms with E-state index in [1.165, 1.54) is 31.2 Å². The minimum Gasteiger partial charge on any atom is -0.393 e. The summed E-state index contributed by atoms with van der Waals surface area (Å²) in [4.78, 5) is 11.0. The predicted octanol–water partition coefficient (Wildman–Crippen LogP) is 3.09. The Bertz CT molecular complexity index is 606. The molecule has 3 rings (SSSR count). The van der Waals surface area contributed by atoms with Crippen molar-refractivity contribution in [3.8, 4) is 0 Å². The second-order valence-electron chi connectivity index (χ2n) is 6.02. The number of hydrogen-bond donors (Lipinski definition) is 2. The van der Waals surface area contributed by atoms with E-state index < -0.39 is 0 Å². The van der Waals surface area contributed by atoms with E-state index in [0.29, 0.717) is 5.69 Å². The Morgan fingerprint density at radius 2 is 1.74 bits per heavy atom. The van der Waals surface area contributed by atoms with Crippen molar-refractivity contribution < 1.29 is 0 Å². The van der Waals surface area contributed by atoms with E-state index in [0.717, 1.165) is 37.7 Å². The second-order valence-corrected chi connectivity index (χ2v) is 6.02. The van der Waals surface area contributed by atoms with Crippen molar-refractivity contribution >= 4 is 17.3 Å². The molecular weight excluding hydrogens is 286 g/mol. The van der Waals surface area contributed by atoms with Crippen LogP contribution < -0.4 is 16.0 Å². The normalized spacial score (nSPS) is 15.2. The van der Waals surface area contributed by atoms with Crippen molar-refractivity contribution in [2.45, 2.75) is 32.1 Å². The van der Waals surface area contributed by atoms with Gasteiger partial charge < -0.3 is 16.0 Å². The average Bonchev–Trinajstić information content (AvgIpc) is 2.87. The van der Waals surface area contributed by atoms with E-state index in [9.17, 15) is 0 Å². The first-order valence-corrected chi connectivity index (χ1v) is 8.48. The first-order chi connectivity index (χ1) is 11.3. The summed E-state index contributed by atoms with van der Waals surface area (Å²) in [5, 5.41) is 3.35. The quantitative estimate of drug-likeness (QED) is 0.888. The highest BCUT2D eigenvalue weighted by atomic mass is 15.2. The van der Waals surface area contributed by atoms with Gasteiger partial charge in [0.15, 0.2) is 11.6 Å². The molecule has 5 nitrogen and oxygen atoms in total. The fraction of sp³-hybridized carbons (Fsp3) is 0.444. The predicted molar refractivity (Wildman–Crippen MR) is 95.8 cm³/mol. The summed E-state index contributed by atoms with van der Waals surface area (Å²) in [6.07, 6.45) is 7.57. The molecule has 3 N–H and O–H groups in total. The number of hydrogen-bond acceptors (Lipinski definition) is 5. The van der Waals surface area contributed by atoms with E-state index >= 15 is 0 Å². The maximum absolute atomic E-state index is 6.32. The molecular formula is C18H25N5. The van der Waals surface area contributed by atoms with Crippen molar-refractivity contribution in [1.82, 2.24) is 9.97 Å². The molecule has 1 aromatic heterocycles. The molecule has 1 aromatic carbocycles.